The Hall–Kier alpha value is -2.28. The maximum absolute atomic E-state index is 14.4. The summed E-state index contributed by atoms with van der Waals surface area (Å²) < 4.78 is 98.0. The SMILES string of the molecule is O=S(=O)([C@@H]1[C@@H](C(F)(F)F)[C@H]2C=C[C@@H]1CC2)N1[C@H]2COC(c3ccccc3)O[C@H]2[C@@H]2OC(c3ccccc3)OC[C@@H]21. The van der Waals surface area contributed by atoms with Crippen LogP contribution in [0.15, 0.2) is 72.8 Å². The summed E-state index contributed by atoms with van der Waals surface area (Å²) >= 11 is 0. The molecule has 8 rings (SSSR count). The number of fused-ring (bicyclic) bond motifs is 5. The smallest absolute Gasteiger partial charge is 0.347 e. The van der Waals surface area contributed by atoms with Crippen LogP contribution >= 0.6 is 0 Å². The fourth-order valence-corrected chi connectivity index (χ4v) is 10.0. The molecule has 40 heavy (non-hydrogen) atoms. The minimum Gasteiger partial charge on any atom is -0.347 e. The number of allylic oxidation sites excluding steroid dienone is 2. The molecule has 3 heterocycles. The van der Waals surface area contributed by atoms with Crippen molar-refractivity contribution in [1.82, 2.24) is 4.31 Å². The maximum Gasteiger partial charge on any atom is 0.393 e. The molecule has 10 atom stereocenters. The lowest BCUT2D eigenvalue weighted by Gasteiger charge is -2.47. The zero-order valence-corrected chi connectivity index (χ0v) is 22.3. The number of hydrogen-bond acceptors (Lipinski definition) is 6. The number of hydrogen-bond donors (Lipinski definition) is 0. The third-order valence-corrected chi connectivity index (χ3v) is 11.4. The number of ether oxygens (including phenoxy) is 4. The predicted octanol–water partition coefficient (Wildman–Crippen LogP) is 4.74. The van der Waals surface area contributed by atoms with Crippen molar-refractivity contribution in [1.29, 1.82) is 0 Å². The van der Waals surface area contributed by atoms with Gasteiger partial charge in [-0.1, -0.05) is 72.8 Å². The summed E-state index contributed by atoms with van der Waals surface area (Å²) in [5.41, 5.74) is 1.52. The van der Waals surface area contributed by atoms with Gasteiger partial charge >= 0.3 is 6.18 Å². The van der Waals surface area contributed by atoms with Gasteiger partial charge in [0.15, 0.2) is 12.6 Å². The van der Waals surface area contributed by atoms with Crippen molar-refractivity contribution in [2.45, 2.75) is 61.1 Å². The molecule has 0 radical (unpaired) electrons. The number of nitrogens with zero attached hydrogens (tertiary/aromatic N) is 1. The van der Waals surface area contributed by atoms with E-state index >= 15 is 0 Å². The molecule has 214 valence electrons. The molecule has 0 amide bonds. The molecule has 0 spiro atoms. The van der Waals surface area contributed by atoms with E-state index in [1.165, 1.54) is 4.31 Å². The van der Waals surface area contributed by atoms with Gasteiger partial charge in [-0.05, 0) is 24.7 Å². The normalized spacial score (nSPS) is 39.6. The van der Waals surface area contributed by atoms with Gasteiger partial charge in [-0.2, -0.15) is 17.5 Å². The molecular formula is C29H30F3NO6S. The fraction of sp³-hybridized carbons (Fsp3) is 0.517. The van der Waals surface area contributed by atoms with Gasteiger partial charge in [-0.15, -0.1) is 0 Å². The number of sulfonamides is 1. The largest absolute Gasteiger partial charge is 0.393 e. The Morgan fingerprint density at radius 2 is 1.20 bits per heavy atom. The lowest BCUT2D eigenvalue weighted by atomic mass is 9.68. The van der Waals surface area contributed by atoms with Crippen molar-refractivity contribution in [2.24, 2.45) is 17.8 Å². The van der Waals surface area contributed by atoms with Crippen LogP contribution < -0.4 is 0 Å². The van der Waals surface area contributed by atoms with Crippen LogP contribution in [0.3, 0.4) is 0 Å². The molecule has 11 heteroatoms. The van der Waals surface area contributed by atoms with Gasteiger partial charge in [0.25, 0.3) is 0 Å². The Bertz CT molecular complexity index is 1290. The van der Waals surface area contributed by atoms with E-state index in [0.717, 1.165) is 11.1 Å². The molecule has 0 N–H and O–H groups in total. The molecule has 3 aliphatic heterocycles. The van der Waals surface area contributed by atoms with Crippen LogP contribution in [0.1, 0.15) is 36.5 Å². The van der Waals surface area contributed by atoms with Gasteiger partial charge in [0, 0.05) is 11.1 Å². The standard InChI is InChI=1S/C29H30F3NO6S/c30-29(31,32)23-17-11-13-18(14-12-17)26(23)40(34,35)33-21-15-36-27(19-7-3-1-4-8-19)38-24(21)25-22(33)16-37-28(39-25)20-9-5-2-6-10-20/h1-11,13,17-18,21-28H,12,14-16H2/t17-,18+,21-,22-,23-,24+,25+,26-,27?,28?/m0/s1. The molecule has 2 aromatic carbocycles. The average molecular weight is 578 g/mol. The first kappa shape index (κ1) is 26.6. The molecule has 3 saturated heterocycles. The maximum atomic E-state index is 14.4. The van der Waals surface area contributed by atoms with Gasteiger partial charge in [-0.25, -0.2) is 8.42 Å². The highest BCUT2D eigenvalue weighted by Crippen LogP contribution is 2.53. The van der Waals surface area contributed by atoms with Crippen molar-refractivity contribution in [3.8, 4) is 0 Å². The highest BCUT2D eigenvalue weighted by molar-refractivity contribution is 7.89. The summed E-state index contributed by atoms with van der Waals surface area (Å²) in [4.78, 5) is 0. The van der Waals surface area contributed by atoms with E-state index in [1.807, 2.05) is 60.7 Å². The average Bonchev–Trinajstić information content (AvgIpc) is 3.31. The summed E-state index contributed by atoms with van der Waals surface area (Å²) in [6, 6.07) is 16.8. The van der Waals surface area contributed by atoms with Crippen molar-refractivity contribution in [2.75, 3.05) is 13.2 Å². The minimum absolute atomic E-state index is 0.0385. The predicted molar refractivity (Wildman–Crippen MR) is 137 cm³/mol. The summed E-state index contributed by atoms with van der Waals surface area (Å²) in [6.07, 6.45) is -3.76. The van der Waals surface area contributed by atoms with E-state index < -0.39 is 76.1 Å². The monoisotopic (exact) mass is 577 g/mol. The van der Waals surface area contributed by atoms with Crippen molar-refractivity contribution < 1.29 is 40.5 Å². The topological polar surface area (TPSA) is 74.3 Å². The second-order valence-corrected chi connectivity index (χ2v) is 13.2. The first-order valence-electron chi connectivity index (χ1n) is 13.6. The third-order valence-electron chi connectivity index (χ3n) is 8.97. The summed E-state index contributed by atoms with van der Waals surface area (Å²) in [7, 11) is -4.49. The van der Waals surface area contributed by atoms with Crippen LogP contribution in [-0.4, -0.2) is 61.7 Å². The van der Waals surface area contributed by atoms with E-state index in [-0.39, 0.29) is 13.2 Å². The molecule has 6 aliphatic rings. The van der Waals surface area contributed by atoms with Crippen LogP contribution in [0.25, 0.3) is 0 Å². The molecule has 1 saturated carbocycles. The van der Waals surface area contributed by atoms with Crippen LogP contribution in [0.2, 0.25) is 0 Å². The molecule has 3 aliphatic carbocycles. The Balaban J connectivity index is 1.26. The fourth-order valence-electron chi connectivity index (χ4n) is 7.25. The van der Waals surface area contributed by atoms with Crippen molar-refractivity contribution >= 4 is 10.0 Å². The molecule has 2 bridgehead atoms. The molecule has 0 aromatic heterocycles. The zero-order chi connectivity index (χ0) is 27.6. The van der Waals surface area contributed by atoms with Crippen molar-refractivity contribution in [3.63, 3.8) is 0 Å². The van der Waals surface area contributed by atoms with Crippen LogP contribution in [0.4, 0.5) is 13.2 Å². The molecule has 2 unspecified atom stereocenters. The lowest BCUT2D eigenvalue weighted by Crippen LogP contribution is -2.60. The zero-order valence-electron chi connectivity index (χ0n) is 21.5. The van der Waals surface area contributed by atoms with E-state index in [1.54, 1.807) is 12.2 Å². The van der Waals surface area contributed by atoms with Gasteiger partial charge in [-0.3, -0.25) is 0 Å². The molecule has 7 nitrogen and oxygen atoms in total. The second-order valence-electron chi connectivity index (χ2n) is 11.2. The first-order chi connectivity index (χ1) is 19.2. The van der Waals surface area contributed by atoms with E-state index in [9.17, 15) is 21.6 Å². The van der Waals surface area contributed by atoms with E-state index in [2.05, 4.69) is 0 Å². The molecular weight excluding hydrogens is 547 g/mol. The highest BCUT2D eigenvalue weighted by atomic mass is 32.2. The van der Waals surface area contributed by atoms with Crippen LogP contribution in [0, 0.1) is 17.8 Å². The second kappa shape index (κ2) is 9.92. The van der Waals surface area contributed by atoms with Crippen LogP contribution in [0.5, 0.6) is 0 Å². The Morgan fingerprint density at radius 3 is 1.65 bits per heavy atom. The van der Waals surface area contributed by atoms with E-state index in [0.29, 0.717) is 12.8 Å². The number of alkyl halides is 3. The quantitative estimate of drug-likeness (QED) is 0.489. The number of rotatable bonds is 4. The number of halogens is 3. The van der Waals surface area contributed by atoms with Gasteiger partial charge in [0.1, 0.15) is 12.2 Å². The molecule has 2 aromatic rings. The minimum atomic E-state index is -4.65. The van der Waals surface area contributed by atoms with Crippen LogP contribution in [-0.2, 0) is 29.0 Å². The lowest BCUT2D eigenvalue weighted by molar-refractivity contribution is -0.278. The van der Waals surface area contributed by atoms with Crippen molar-refractivity contribution in [3.05, 3.63) is 83.9 Å². The first-order valence-corrected chi connectivity index (χ1v) is 15.2. The van der Waals surface area contributed by atoms with Gasteiger partial charge in [0.05, 0.1) is 36.5 Å². The highest BCUT2D eigenvalue weighted by Gasteiger charge is 2.65. The summed E-state index contributed by atoms with van der Waals surface area (Å²) in [5.74, 6) is -3.55. The molecule has 4 fully saturated rings. The Kier molecular flexibility index (Phi) is 6.60. The third kappa shape index (κ3) is 4.33. The summed E-state index contributed by atoms with van der Waals surface area (Å²) in [6.45, 7) is -0.0771. The van der Waals surface area contributed by atoms with Gasteiger partial charge < -0.3 is 18.9 Å². The Labute approximate surface area is 230 Å². The van der Waals surface area contributed by atoms with Gasteiger partial charge in [0.2, 0.25) is 10.0 Å². The van der Waals surface area contributed by atoms with E-state index in [4.69, 9.17) is 18.9 Å². The number of benzene rings is 2. The Morgan fingerprint density at radius 1 is 0.725 bits per heavy atom. The summed E-state index contributed by atoms with van der Waals surface area (Å²) in [5, 5.41) is -1.62.